The molecule has 1 aromatic carbocycles. The summed E-state index contributed by atoms with van der Waals surface area (Å²) in [4.78, 5) is 0. The maximum absolute atomic E-state index is 9.63. The average molecular weight is 174 g/mol. The summed E-state index contributed by atoms with van der Waals surface area (Å²) in [6, 6.07) is 9.87. The standard InChI is InChI=1S/C12H14O/c1-3-10(2)12(13)9-11-7-5-4-6-8-11/h1,4-8,10,12-13H,9H2,2H3. The maximum atomic E-state index is 9.63. The Bertz CT molecular complexity index is 284. The zero-order valence-corrected chi connectivity index (χ0v) is 7.77. The molecule has 0 fully saturated rings. The van der Waals surface area contributed by atoms with Crippen molar-refractivity contribution >= 4 is 0 Å². The third-order valence-corrected chi connectivity index (χ3v) is 2.13. The summed E-state index contributed by atoms with van der Waals surface area (Å²) in [7, 11) is 0. The molecule has 0 heterocycles. The van der Waals surface area contributed by atoms with Crippen molar-refractivity contribution in [1.82, 2.24) is 0 Å². The molecular weight excluding hydrogens is 160 g/mol. The molecule has 1 N–H and O–H groups in total. The predicted octanol–water partition coefficient (Wildman–Crippen LogP) is 1.86. The van der Waals surface area contributed by atoms with Crippen LogP contribution in [0.25, 0.3) is 0 Å². The lowest BCUT2D eigenvalue weighted by Crippen LogP contribution is -2.18. The van der Waals surface area contributed by atoms with E-state index in [4.69, 9.17) is 6.42 Å². The Labute approximate surface area is 79.4 Å². The Kier molecular flexibility index (Phi) is 3.54. The van der Waals surface area contributed by atoms with Gasteiger partial charge in [0.2, 0.25) is 0 Å². The van der Waals surface area contributed by atoms with Crippen LogP contribution in [0.2, 0.25) is 0 Å². The van der Waals surface area contributed by atoms with Gasteiger partial charge in [-0.25, -0.2) is 0 Å². The van der Waals surface area contributed by atoms with E-state index in [9.17, 15) is 5.11 Å². The van der Waals surface area contributed by atoms with E-state index in [1.807, 2.05) is 37.3 Å². The minimum Gasteiger partial charge on any atom is -0.392 e. The van der Waals surface area contributed by atoms with Crippen LogP contribution in [0.1, 0.15) is 12.5 Å². The Morgan fingerprint density at radius 3 is 2.54 bits per heavy atom. The first-order valence-electron chi connectivity index (χ1n) is 4.42. The molecular formula is C12H14O. The number of hydrogen-bond acceptors (Lipinski definition) is 1. The lowest BCUT2D eigenvalue weighted by Gasteiger charge is -2.13. The number of aliphatic hydroxyl groups is 1. The molecule has 0 aromatic heterocycles. The van der Waals surface area contributed by atoms with Crippen LogP contribution in [0.5, 0.6) is 0 Å². The quantitative estimate of drug-likeness (QED) is 0.693. The zero-order chi connectivity index (χ0) is 9.68. The first-order valence-corrected chi connectivity index (χ1v) is 4.42. The molecule has 0 radical (unpaired) electrons. The van der Waals surface area contributed by atoms with E-state index in [0.717, 1.165) is 5.56 Å². The third-order valence-electron chi connectivity index (χ3n) is 2.13. The summed E-state index contributed by atoms with van der Waals surface area (Å²) >= 11 is 0. The van der Waals surface area contributed by atoms with Gasteiger partial charge in [-0.05, 0) is 18.9 Å². The van der Waals surface area contributed by atoms with Crippen molar-refractivity contribution in [2.24, 2.45) is 5.92 Å². The van der Waals surface area contributed by atoms with Crippen LogP contribution < -0.4 is 0 Å². The van der Waals surface area contributed by atoms with Gasteiger partial charge in [0, 0.05) is 5.92 Å². The van der Waals surface area contributed by atoms with E-state index < -0.39 is 6.10 Å². The molecule has 0 aliphatic rings. The number of hydrogen-bond donors (Lipinski definition) is 1. The van der Waals surface area contributed by atoms with E-state index in [1.165, 1.54) is 0 Å². The van der Waals surface area contributed by atoms with Crippen molar-refractivity contribution < 1.29 is 5.11 Å². The van der Waals surface area contributed by atoms with Crippen molar-refractivity contribution in [1.29, 1.82) is 0 Å². The third kappa shape index (κ3) is 2.93. The molecule has 0 aliphatic heterocycles. The van der Waals surface area contributed by atoms with E-state index >= 15 is 0 Å². The number of rotatable bonds is 3. The van der Waals surface area contributed by atoms with Gasteiger partial charge in [-0.3, -0.25) is 0 Å². The Morgan fingerprint density at radius 2 is 2.00 bits per heavy atom. The fourth-order valence-corrected chi connectivity index (χ4v) is 1.14. The molecule has 0 bridgehead atoms. The van der Waals surface area contributed by atoms with Gasteiger partial charge < -0.3 is 5.11 Å². The molecule has 0 aliphatic carbocycles. The Balaban J connectivity index is 2.56. The second-order valence-electron chi connectivity index (χ2n) is 3.21. The SMILES string of the molecule is C#CC(C)C(O)Cc1ccccc1. The van der Waals surface area contributed by atoms with E-state index in [0.29, 0.717) is 6.42 Å². The van der Waals surface area contributed by atoms with E-state index in [2.05, 4.69) is 5.92 Å². The number of aliphatic hydroxyl groups excluding tert-OH is 1. The fourth-order valence-electron chi connectivity index (χ4n) is 1.14. The van der Waals surface area contributed by atoms with Crippen LogP contribution in [0.4, 0.5) is 0 Å². The summed E-state index contributed by atoms with van der Waals surface area (Å²) < 4.78 is 0. The first kappa shape index (κ1) is 9.83. The lowest BCUT2D eigenvalue weighted by atomic mass is 9.99. The zero-order valence-electron chi connectivity index (χ0n) is 7.77. The Morgan fingerprint density at radius 1 is 1.38 bits per heavy atom. The van der Waals surface area contributed by atoms with Crippen LogP contribution in [0.3, 0.4) is 0 Å². The van der Waals surface area contributed by atoms with Crippen molar-refractivity contribution in [3.05, 3.63) is 35.9 Å². The van der Waals surface area contributed by atoms with Crippen LogP contribution in [0.15, 0.2) is 30.3 Å². The van der Waals surface area contributed by atoms with E-state index in [1.54, 1.807) is 0 Å². The highest BCUT2D eigenvalue weighted by Gasteiger charge is 2.11. The molecule has 1 aromatic rings. The molecule has 0 spiro atoms. The van der Waals surface area contributed by atoms with Crippen LogP contribution in [-0.4, -0.2) is 11.2 Å². The molecule has 1 nitrogen and oxygen atoms in total. The first-order chi connectivity index (χ1) is 6.24. The van der Waals surface area contributed by atoms with Gasteiger partial charge in [0.1, 0.15) is 0 Å². The number of benzene rings is 1. The smallest absolute Gasteiger partial charge is 0.0715 e. The molecule has 2 unspecified atom stereocenters. The van der Waals surface area contributed by atoms with Crippen molar-refractivity contribution in [3.63, 3.8) is 0 Å². The lowest BCUT2D eigenvalue weighted by molar-refractivity contribution is 0.142. The van der Waals surface area contributed by atoms with Crippen molar-refractivity contribution in [3.8, 4) is 12.3 Å². The second kappa shape index (κ2) is 4.69. The number of terminal acetylenes is 1. The molecule has 0 saturated heterocycles. The second-order valence-corrected chi connectivity index (χ2v) is 3.21. The highest BCUT2D eigenvalue weighted by molar-refractivity contribution is 5.16. The monoisotopic (exact) mass is 174 g/mol. The van der Waals surface area contributed by atoms with Gasteiger partial charge in [-0.15, -0.1) is 12.3 Å². The minimum atomic E-state index is -0.438. The summed E-state index contributed by atoms with van der Waals surface area (Å²) in [6.07, 6.45) is 5.41. The molecule has 0 amide bonds. The van der Waals surface area contributed by atoms with Gasteiger partial charge in [0.25, 0.3) is 0 Å². The van der Waals surface area contributed by atoms with E-state index in [-0.39, 0.29) is 5.92 Å². The summed E-state index contributed by atoms with van der Waals surface area (Å²) in [5.41, 5.74) is 1.12. The molecule has 13 heavy (non-hydrogen) atoms. The fraction of sp³-hybridized carbons (Fsp3) is 0.333. The highest BCUT2D eigenvalue weighted by atomic mass is 16.3. The molecule has 1 heteroatoms. The Hall–Kier alpha value is -1.26. The molecule has 0 saturated carbocycles. The van der Waals surface area contributed by atoms with Gasteiger partial charge in [0.05, 0.1) is 6.10 Å². The summed E-state index contributed by atoms with van der Waals surface area (Å²) in [5.74, 6) is 2.45. The van der Waals surface area contributed by atoms with Crippen molar-refractivity contribution in [2.75, 3.05) is 0 Å². The van der Waals surface area contributed by atoms with Gasteiger partial charge >= 0.3 is 0 Å². The minimum absolute atomic E-state index is 0.0831. The van der Waals surface area contributed by atoms with Crippen LogP contribution in [0, 0.1) is 18.3 Å². The highest BCUT2D eigenvalue weighted by Crippen LogP contribution is 2.09. The van der Waals surface area contributed by atoms with Gasteiger partial charge in [-0.2, -0.15) is 0 Å². The average Bonchev–Trinajstić information content (AvgIpc) is 2.18. The largest absolute Gasteiger partial charge is 0.392 e. The molecule has 2 atom stereocenters. The molecule has 68 valence electrons. The van der Waals surface area contributed by atoms with Crippen LogP contribution >= 0.6 is 0 Å². The normalized spacial score (nSPS) is 14.5. The van der Waals surface area contributed by atoms with Gasteiger partial charge in [-0.1, -0.05) is 30.3 Å². The van der Waals surface area contributed by atoms with Crippen molar-refractivity contribution in [2.45, 2.75) is 19.4 Å². The molecule has 1 rings (SSSR count). The predicted molar refractivity (Wildman–Crippen MR) is 54.1 cm³/mol. The topological polar surface area (TPSA) is 20.2 Å². The summed E-state index contributed by atoms with van der Waals surface area (Å²) in [5, 5.41) is 9.63. The maximum Gasteiger partial charge on any atom is 0.0715 e. The van der Waals surface area contributed by atoms with Crippen LogP contribution in [-0.2, 0) is 6.42 Å². The van der Waals surface area contributed by atoms with Gasteiger partial charge in [0.15, 0.2) is 0 Å². The summed E-state index contributed by atoms with van der Waals surface area (Å²) in [6.45, 7) is 1.85.